The highest BCUT2D eigenvalue weighted by Gasteiger charge is 2.31. The van der Waals surface area contributed by atoms with Gasteiger partial charge in [-0.25, -0.2) is 0 Å². The predicted octanol–water partition coefficient (Wildman–Crippen LogP) is 3.92. The number of ether oxygens (including phenoxy) is 1. The Labute approximate surface area is 193 Å². The molecular weight excluding hydrogens is 486 g/mol. The molecule has 0 aliphatic carbocycles. The van der Waals surface area contributed by atoms with E-state index in [0.29, 0.717) is 22.3 Å². The number of halogens is 1. The summed E-state index contributed by atoms with van der Waals surface area (Å²) in [6.45, 7) is 3.97. The van der Waals surface area contributed by atoms with Gasteiger partial charge in [0.2, 0.25) is 5.91 Å². The Hall–Kier alpha value is -1.68. The highest BCUT2D eigenvalue weighted by Crippen LogP contribution is 2.34. The van der Waals surface area contributed by atoms with Crippen LogP contribution in [0.4, 0.5) is 0 Å². The van der Waals surface area contributed by atoms with Crippen LogP contribution in [0, 0.1) is 0 Å². The van der Waals surface area contributed by atoms with Gasteiger partial charge >= 0.3 is 0 Å². The van der Waals surface area contributed by atoms with E-state index in [-0.39, 0.29) is 24.5 Å². The second-order valence-electron chi connectivity index (χ2n) is 7.24. The fraction of sp³-hybridized carbons (Fsp3) is 0.381. The minimum Gasteiger partial charge on any atom is -0.376 e. The van der Waals surface area contributed by atoms with Crippen molar-refractivity contribution in [1.29, 1.82) is 0 Å². The Morgan fingerprint density at radius 1 is 1.47 bits per heavy atom. The maximum atomic E-state index is 12.6. The fourth-order valence-corrected chi connectivity index (χ4v) is 5.44. The molecule has 158 valence electrons. The molecule has 2 amide bonds. The van der Waals surface area contributed by atoms with Gasteiger partial charge in [0, 0.05) is 46.8 Å². The molecule has 2 fully saturated rings. The smallest absolute Gasteiger partial charge is 0.266 e. The molecule has 9 heteroatoms. The summed E-state index contributed by atoms with van der Waals surface area (Å²) in [4.78, 5) is 27.3. The number of likely N-dealkylation sites (N-methyl/N-ethyl adjacent to an activating group) is 1. The van der Waals surface area contributed by atoms with Crippen LogP contribution in [0.15, 0.2) is 33.8 Å². The van der Waals surface area contributed by atoms with Gasteiger partial charge in [-0.15, -0.1) is 0 Å². The second-order valence-corrected chi connectivity index (χ2v) is 9.83. The van der Waals surface area contributed by atoms with Gasteiger partial charge in [0.1, 0.15) is 10.9 Å². The number of carbonyl (C=O) groups excluding carboxylic acids is 2. The zero-order valence-corrected chi connectivity index (χ0v) is 19.7. The second kappa shape index (κ2) is 9.21. The van der Waals surface area contributed by atoms with Gasteiger partial charge in [0.25, 0.3) is 5.91 Å². The summed E-state index contributed by atoms with van der Waals surface area (Å²) in [5.74, 6) is -0.133. The molecule has 30 heavy (non-hydrogen) atoms. The van der Waals surface area contributed by atoms with Crippen LogP contribution in [0.2, 0.25) is 0 Å². The van der Waals surface area contributed by atoms with Crippen molar-refractivity contribution in [3.63, 3.8) is 0 Å². The summed E-state index contributed by atoms with van der Waals surface area (Å²) < 4.78 is 9.00. The van der Waals surface area contributed by atoms with Crippen molar-refractivity contribution < 1.29 is 14.3 Å². The Morgan fingerprint density at radius 3 is 3.00 bits per heavy atom. The van der Waals surface area contributed by atoms with Crippen molar-refractivity contribution in [2.24, 2.45) is 0 Å². The molecule has 6 nitrogen and oxygen atoms in total. The lowest BCUT2D eigenvalue weighted by atomic mass is 10.1. The van der Waals surface area contributed by atoms with E-state index in [2.05, 4.69) is 21.2 Å². The molecule has 1 aromatic carbocycles. The number of aromatic nitrogens is 1. The highest BCUT2D eigenvalue weighted by atomic mass is 79.9. The Morgan fingerprint density at radius 2 is 2.30 bits per heavy atom. The first-order valence-corrected chi connectivity index (χ1v) is 11.9. The van der Waals surface area contributed by atoms with E-state index in [4.69, 9.17) is 17.0 Å². The lowest BCUT2D eigenvalue weighted by Crippen LogP contribution is -2.34. The Kier molecular flexibility index (Phi) is 6.62. The number of thioether (sulfide) groups is 1. The van der Waals surface area contributed by atoms with Crippen LogP contribution < -0.4 is 5.32 Å². The van der Waals surface area contributed by atoms with E-state index >= 15 is 0 Å². The Balaban J connectivity index is 1.59. The molecule has 0 bridgehead atoms. The molecule has 2 saturated heterocycles. The van der Waals surface area contributed by atoms with Crippen molar-refractivity contribution in [2.45, 2.75) is 32.4 Å². The third-order valence-electron chi connectivity index (χ3n) is 5.22. The highest BCUT2D eigenvalue weighted by molar-refractivity contribution is 9.10. The number of carbonyl (C=O) groups is 2. The van der Waals surface area contributed by atoms with Crippen molar-refractivity contribution in [3.8, 4) is 0 Å². The van der Waals surface area contributed by atoms with Crippen molar-refractivity contribution in [1.82, 2.24) is 14.8 Å². The van der Waals surface area contributed by atoms with Gasteiger partial charge in [0.15, 0.2) is 0 Å². The Bertz CT molecular complexity index is 1040. The van der Waals surface area contributed by atoms with E-state index in [1.54, 1.807) is 4.90 Å². The minimum atomic E-state index is -0.0716. The van der Waals surface area contributed by atoms with E-state index in [1.807, 2.05) is 42.0 Å². The number of hydrogen-bond donors (Lipinski definition) is 1. The molecule has 1 aromatic heterocycles. The molecule has 0 radical (unpaired) electrons. The number of amides is 2. The van der Waals surface area contributed by atoms with Crippen molar-refractivity contribution in [2.75, 3.05) is 19.7 Å². The quantitative estimate of drug-likeness (QED) is 0.474. The minimum absolute atomic E-state index is 0.0609. The molecule has 2 aromatic rings. The zero-order chi connectivity index (χ0) is 21.3. The molecular formula is C21H22BrN3O3S2. The SMILES string of the molecule is CCN1C(=O)/C(=C/c2cn(CC(=O)NC[C@H]3CCCO3)c3ccc(Br)cc23)SC1=S. The summed E-state index contributed by atoms with van der Waals surface area (Å²) in [6, 6.07) is 5.92. The van der Waals surface area contributed by atoms with Gasteiger partial charge < -0.3 is 14.6 Å². The predicted molar refractivity (Wildman–Crippen MR) is 127 cm³/mol. The zero-order valence-electron chi connectivity index (χ0n) is 16.5. The maximum absolute atomic E-state index is 12.6. The first kappa shape index (κ1) is 21.5. The number of thiocarbonyl (C=S) groups is 1. The summed E-state index contributed by atoms with van der Waals surface area (Å²) in [5.41, 5.74) is 1.82. The van der Waals surface area contributed by atoms with Crippen LogP contribution >= 0.6 is 39.9 Å². The van der Waals surface area contributed by atoms with Crippen LogP contribution in [0.1, 0.15) is 25.3 Å². The van der Waals surface area contributed by atoms with Crippen molar-refractivity contribution >= 4 is 73.0 Å². The normalized spacial score (nSPS) is 20.7. The van der Waals surface area contributed by atoms with Gasteiger partial charge in [0.05, 0.1) is 11.0 Å². The molecule has 3 heterocycles. The number of nitrogens with zero attached hydrogens (tertiary/aromatic N) is 2. The lowest BCUT2D eigenvalue weighted by Gasteiger charge is -2.11. The summed E-state index contributed by atoms with van der Waals surface area (Å²) in [5, 5.41) is 3.94. The van der Waals surface area contributed by atoms with Gasteiger partial charge in [-0.05, 0) is 44.0 Å². The molecule has 0 unspecified atom stereocenters. The third kappa shape index (κ3) is 4.49. The summed E-state index contributed by atoms with van der Waals surface area (Å²) in [6.07, 6.45) is 5.93. The van der Waals surface area contributed by atoms with E-state index in [1.165, 1.54) is 11.8 Å². The van der Waals surface area contributed by atoms with Crippen LogP contribution in [-0.4, -0.2) is 51.4 Å². The maximum Gasteiger partial charge on any atom is 0.266 e. The fourth-order valence-electron chi connectivity index (χ4n) is 3.70. The average Bonchev–Trinajstić information content (AvgIpc) is 3.41. The van der Waals surface area contributed by atoms with Gasteiger partial charge in [-0.2, -0.15) is 0 Å². The molecule has 2 aliphatic heterocycles. The number of nitrogens with one attached hydrogen (secondary N) is 1. The average molecular weight is 508 g/mol. The molecule has 1 N–H and O–H groups in total. The summed E-state index contributed by atoms with van der Waals surface area (Å²) in [7, 11) is 0. The van der Waals surface area contributed by atoms with Crippen LogP contribution in [0.25, 0.3) is 17.0 Å². The lowest BCUT2D eigenvalue weighted by molar-refractivity contribution is -0.122. The number of fused-ring (bicyclic) bond motifs is 1. The number of benzene rings is 1. The molecule has 0 spiro atoms. The van der Waals surface area contributed by atoms with E-state index < -0.39 is 0 Å². The van der Waals surface area contributed by atoms with Crippen molar-refractivity contribution in [3.05, 3.63) is 39.3 Å². The van der Waals surface area contributed by atoms with Crippen LogP contribution in [-0.2, 0) is 20.9 Å². The molecule has 4 rings (SSSR count). The van der Waals surface area contributed by atoms with Gasteiger partial charge in [-0.1, -0.05) is 39.9 Å². The molecule has 0 saturated carbocycles. The topological polar surface area (TPSA) is 63.6 Å². The summed E-state index contributed by atoms with van der Waals surface area (Å²) >= 11 is 10.1. The number of rotatable bonds is 6. The first-order valence-electron chi connectivity index (χ1n) is 9.88. The van der Waals surface area contributed by atoms with E-state index in [0.717, 1.165) is 40.4 Å². The van der Waals surface area contributed by atoms with Crippen LogP contribution in [0.3, 0.4) is 0 Å². The van der Waals surface area contributed by atoms with E-state index in [9.17, 15) is 9.59 Å². The largest absolute Gasteiger partial charge is 0.376 e. The monoisotopic (exact) mass is 507 g/mol. The van der Waals surface area contributed by atoms with Gasteiger partial charge in [-0.3, -0.25) is 14.5 Å². The third-order valence-corrected chi connectivity index (χ3v) is 7.09. The molecule has 2 aliphatic rings. The first-order chi connectivity index (χ1) is 14.5. The molecule has 1 atom stereocenters. The van der Waals surface area contributed by atoms with Crippen LogP contribution in [0.5, 0.6) is 0 Å². The number of hydrogen-bond acceptors (Lipinski definition) is 5. The standard InChI is InChI=1S/C21H22BrN3O3S2/c1-2-25-20(27)18(30-21(25)29)8-13-11-24(17-6-5-14(22)9-16(13)17)12-19(26)23-10-15-4-3-7-28-15/h5-6,8-9,11,15H,2-4,7,10,12H2,1H3,(H,23,26)/b18-8-/t15-/m1/s1.